The van der Waals surface area contributed by atoms with Gasteiger partial charge in [0.05, 0.1) is 0 Å². The van der Waals surface area contributed by atoms with Crippen molar-refractivity contribution in [2.24, 2.45) is 5.73 Å². The van der Waals surface area contributed by atoms with E-state index in [9.17, 15) is 0 Å². The highest BCUT2D eigenvalue weighted by Gasteiger charge is 2.30. The Morgan fingerprint density at radius 2 is 2.33 bits per heavy atom. The van der Waals surface area contributed by atoms with Gasteiger partial charge in [0, 0.05) is 24.7 Å². The van der Waals surface area contributed by atoms with Crippen LogP contribution in [0.3, 0.4) is 0 Å². The largest absolute Gasteiger partial charge is 0.329 e. The van der Waals surface area contributed by atoms with Gasteiger partial charge in [-0.25, -0.2) is 0 Å². The second-order valence-corrected chi connectivity index (χ2v) is 4.06. The van der Waals surface area contributed by atoms with E-state index in [1.807, 2.05) is 0 Å². The van der Waals surface area contributed by atoms with Crippen LogP contribution in [0.5, 0.6) is 0 Å². The van der Waals surface area contributed by atoms with Crippen molar-refractivity contribution >= 4 is 0 Å². The summed E-state index contributed by atoms with van der Waals surface area (Å²) in [5, 5.41) is 6.95. The van der Waals surface area contributed by atoms with Crippen LogP contribution in [0.25, 0.3) is 0 Å². The predicted molar refractivity (Wildman–Crippen MR) is 52.2 cm³/mol. The van der Waals surface area contributed by atoms with Crippen LogP contribution >= 0.6 is 0 Å². The average Bonchev–Trinajstić information content (AvgIpc) is 2.05. The zero-order valence-corrected chi connectivity index (χ0v) is 8.19. The van der Waals surface area contributed by atoms with Crippen molar-refractivity contribution in [3.63, 3.8) is 0 Å². The Labute approximate surface area is 75.1 Å². The second-order valence-electron chi connectivity index (χ2n) is 4.06. The minimum absolute atomic E-state index is 0.159. The fourth-order valence-corrected chi connectivity index (χ4v) is 1.94. The molecule has 3 nitrogen and oxygen atoms in total. The Bertz CT molecular complexity index is 128. The van der Waals surface area contributed by atoms with E-state index in [0.29, 0.717) is 6.04 Å². The summed E-state index contributed by atoms with van der Waals surface area (Å²) >= 11 is 0. The molecule has 4 N–H and O–H groups in total. The summed E-state index contributed by atoms with van der Waals surface area (Å²) in [6.07, 6.45) is 2.44. The van der Waals surface area contributed by atoms with Crippen molar-refractivity contribution in [1.82, 2.24) is 10.6 Å². The van der Waals surface area contributed by atoms with Crippen molar-refractivity contribution in [2.45, 2.75) is 38.3 Å². The van der Waals surface area contributed by atoms with Gasteiger partial charge in [0.25, 0.3) is 0 Å². The molecular formula is C9H21N3. The van der Waals surface area contributed by atoms with E-state index in [4.69, 9.17) is 5.73 Å². The van der Waals surface area contributed by atoms with Crippen molar-refractivity contribution in [1.29, 1.82) is 0 Å². The molecule has 0 aromatic carbocycles. The van der Waals surface area contributed by atoms with Gasteiger partial charge in [-0.05, 0) is 19.4 Å². The number of rotatable bonds is 3. The van der Waals surface area contributed by atoms with Crippen LogP contribution in [-0.4, -0.2) is 31.2 Å². The van der Waals surface area contributed by atoms with E-state index in [1.165, 1.54) is 12.8 Å². The molecule has 1 aliphatic heterocycles. The van der Waals surface area contributed by atoms with Crippen LogP contribution in [0.15, 0.2) is 0 Å². The molecule has 0 radical (unpaired) electrons. The maximum atomic E-state index is 5.78. The van der Waals surface area contributed by atoms with Gasteiger partial charge in [0.1, 0.15) is 0 Å². The van der Waals surface area contributed by atoms with Crippen LogP contribution in [0.2, 0.25) is 0 Å². The van der Waals surface area contributed by atoms with E-state index < -0.39 is 0 Å². The lowest BCUT2D eigenvalue weighted by Gasteiger charge is -2.39. The van der Waals surface area contributed by atoms with Gasteiger partial charge in [0.15, 0.2) is 0 Å². The zero-order chi connectivity index (χ0) is 9.03. The summed E-state index contributed by atoms with van der Waals surface area (Å²) in [5.74, 6) is 0. The molecule has 72 valence electrons. The van der Waals surface area contributed by atoms with Crippen LogP contribution in [-0.2, 0) is 0 Å². The van der Waals surface area contributed by atoms with Crippen LogP contribution < -0.4 is 16.4 Å². The number of hydrogen-bond donors (Lipinski definition) is 3. The lowest BCUT2D eigenvalue weighted by atomic mass is 9.89. The molecule has 1 heterocycles. The van der Waals surface area contributed by atoms with Crippen LogP contribution in [0, 0.1) is 0 Å². The third-order valence-corrected chi connectivity index (χ3v) is 2.46. The maximum absolute atomic E-state index is 5.78. The third kappa shape index (κ3) is 2.44. The van der Waals surface area contributed by atoms with E-state index >= 15 is 0 Å². The van der Waals surface area contributed by atoms with Gasteiger partial charge in [-0.1, -0.05) is 13.8 Å². The van der Waals surface area contributed by atoms with Gasteiger partial charge in [-0.2, -0.15) is 0 Å². The van der Waals surface area contributed by atoms with Crippen LogP contribution in [0.1, 0.15) is 26.7 Å². The fourth-order valence-electron chi connectivity index (χ4n) is 1.94. The topological polar surface area (TPSA) is 50.1 Å². The summed E-state index contributed by atoms with van der Waals surface area (Å²) in [6, 6.07) is 0.522. The van der Waals surface area contributed by atoms with E-state index in [0.717, 1.165) is 19.6 Å². The Hall–Kier alpha value is -0.120. The molecule has 0 amide bonds. The molecular weight excluding hydrogens is 150 g/mol. The maximum Gasteiger partial charge on any atom is 0.0432 e. The molecule has 0 aromatic rings. The highest BCUT2D eigenvalue weighted by atomic mass is 15.1. The quantitative estimate of drug-likeness (QED) is 0.563. The fraction of sp³-hybridized carbons (Fsp3) is 1.00. The number of hydrogen-bond acceptors (Lipinski definition) is 3. The molecule has 0 saturated carbocycles. The molecule has 0 spiro atoms. The van der Waals surface area contributed by atoms with Gasteiger partial charge in [0.2, 0.25) is 0 Å². The van der Waals surface area contributed by atoms with Crippen molar-refractivity contribution in [3.05, 3.63) is 0 Å². The first-order valence-corrected chi connectivity index (χ1v) is 4.87. The zero-order valence-electron chi connectivity index (χ0n) is 8.19. The predicted octanol–water partition coefficient (Wildman–Crippen LogP) is 0.0653. The highest BCUT2D eigenvalue weighted by Crippen LogP contribution is 2.15. The molecule has 1 unspecified atom stereocenters. The van der Waals surface area contributed by atoms with Gasteiger partial charge in [-0.3, -0.25) is 0 Å². The number of piperidine rings is 1. The van der Waals surface area contributed by atoms with Gasteiger partial charge < -0.3 is 16.4 Å². The van der Waals surface area contributed by atoms with Crippen molar-refractivity contribution in [3.8, 4) is 0 Å². The molecule has 1 aliphatic rings. The van der Waals surface area contributed by atoms with E-state index in [1.54, 1.807) is 0 Å². The molecule has 1 rings (SSSR count). The van der Waals surface area contributed by atoms with Gasteiger partial charge >= 0.3 is 0 Å². The first kappa shape index (κ1) is 9.96. The summed E-state index contributed by atoms with van der Waals surface area (Å²) in [6.45, 7) is 7.24. The summed E-state index contributed by atoms with van der Waals surface area (Å²) in [7, 11) is 0. The lowest BCUT2D eigenvalue weighted by Crippen LogP contribution is -2.61. The van der Waals surface area contributed by atoms with Crippen molar-refractivity contribution < 1.29 is 0 Å². The van der Waals surface area contributed by atoms with Gasteiger partial charge in [-0.15, -0.1) is 0 Å². The molecule has 0 aliphatic carbocycles. The number of nitrogens with two attached hydrogens (primary N) is 1. The first-order valence-electron chi connectivity index (χ1n) is 4.87. The highest BCUT2D eigenvalue weighted by molar-refractivity contribution is 4.95. The summed E-state index contributed by atoms with van der Waals surface area (Å²) in [5.41, 5.74) is 5.94. The molecule has 1 fully saturated rings. The normalized spacial score (nSPS) is 31.0. The first-order chi connectivity index (χ1) is 5.68. The molecule has 3 heteroatoms. The Kier molecular flexibility index (Phi) is 3.50. The van der Waals surface area contributed by atoms with E-state index in [2.05, 4.69) is 24.5 Å². The third-order valence-electron chi connectivity index (χ3n) is 2.46. The smallest absolute Gasteiger partial charge is 0.0432 e. The van der Waals surface area contributed by atoms with E-state index in [-0.39, 0.29) is 5.54 Å². The molecule has 0 aromatic heterocycles. The molecule has 0 bridgehead atoms. The van der Waals surface area contributed by atoms with Crippen molar-refractivity contribution in [2.75, 3.05) is 19.6 Å². The standard InChI is InChI=1S/C9H21N3/c1-8(2)12-9(6-10)4-3-5-11-7-9/h8,11-12H,3-7,10H2,1-2H3. The Balaban J connectivity index is 2.48. The monoisotopic (exact) mass is 171 g/mol. The molecule has 1 atom stereocenters. The number of nitrogens with one attached hydrogen (secondary N) is 2. The Morgan fingerprint density at radius 3 is 2.75 bits per heavy atom. The molecule has 12 heavy (non-hydrogen) atoms. The molecule has 1 saturated heterocycles. The minimum atomic E-state index is 0.159. The Morgan fingerprint density at radius 1 is 1.58 bits per heavy atom. The minimum Gasteiger partial charge on any atom is -0.329 e. The second kappa shape index (κ2) is 4.21. The lowest BCUT2D eigenvalue weighted by molar-refractivity contribution is 0.239. The SMILES string of the molecule is CC(C)NC1(CN)CCCNC1. The van der Waals surface area contributed by atoms with Crippen LogP contribution in [0.4, 0.5) is 0 Å². The summed E-state index contributed by atoms with van der Waals surface area (Å²) < 4.78 is 0. The average molecular weight is 171 g/mol. The summed E-state index contributed by atoms with van der Waals surface area (Å²) in [4.78, 5) is 0.